The van der Waals surface area contributed by atoms with Crippen LogP contribution in [0, 0.1) is 0 Å². The van der Waals surface area contributed by atoms with Gasteiger partial charge in [-0.15, -0.1) is 0 Å². The van der Waals surface area contributed by atoms with Crippen LogP contribution in [0.15, 0.2) is 36.4 Å². The number of carboxylic acid groups (broad SMARTS) is 1. The van der Waals surface area contributed by atoms with Crippen molar-refractivity contribution in [3.05, 3.63) is 42.0 Å². The second-order valence-corrected chi connectivity index (χ2v) is 6.72. The van der Waals surface area contributed by atoms with Crippen LogP contribution in [-0.4, -0.2) is 48.9 Å². The first-order chi connectivity index (χ1) is 14.0. The maximum Gasteiger partial charge on any atom is 0.411 e. The number of hydrogen-bond acceptors (Lipinski definition) is 5. The molecule has 29 heavy (non-hydrogen) atoms. The molecule has 8 heteroatoms. The minimum Gasteiger partial charge on any atom is -0.481 e. The van der Waals surface area contributed by atoms with Crippen molar-refractivity contribution in [1.29, 1.82) is 0 Å². The summed E-state index contributed by atoms with van der Waals surface area (Å²) in [5, 5.41) is 13.9. The van der Waals surface area contributed by atoms with Gasteiger partial charge in [0.2, 0.25) is 0 Å². The van der Waals surface area contributed by atoms with Crippen molar-refractivity contribution in [1.82, 2.24) is 5.32 Å². The van der Waals surface area contributed by atoms with E-state index in [1.165, 1.54) is 0 Å². The van der Waals surface area contributed by atoms with Gasteiger partial charge in [0.25, 0.3) is 5.91 Å². The van der Waals surface area contributed by atoms with Gasteiger partial charge in [-0.25, -0.2) is 4.79 Å². The van der Waals surface area contributed by atoms with Crippen LogP contribution in [0.4, 0.5) is 10.5 Å². The molecule has 8 nitrogen and oxygen atoms in total. The molecule has 1 aromatic carbocycles. The predicted octanol–water partition coefficient (Wildman–Crippen LogP) is 3.35. The summed E-state index contributed by atoms with van der Waals surface area (Å²) in [7, 11) is 0. The van der Waals surface area contributed by atoms with Gasteiger partial charge in [-0.2, -0.15) is 0 Å². The summed E-state index contributed by atoms with van der Waals surface area (Å²) in [5.74, 6) is -1.20. The molecule has 1 aliphatic rings. The van der Waals surface area contributed by atoms with Gasteiger partial charge in [0.1, 0.15) is 6.10 Å². The molecule has 0 saturated heterocycles. The monoisotopic (exact) mass is 404 g/mol. The van der Waals surface area contributed by atoms with Gasteiger partial charge in [0.05, 0.1) is 19.6 Å². The Bertz CT molecular complexity index is 702. The third kappa shape index (κ3) is 9.25. The fraction of sp³-hybridized carbons (Fsp3) is 0.476. The van der Waals surface area contributed by atoms with E-state index in [0.717, 1.165) is 32.1 Å². The van der Waals surface area contributed by atoms with Crippen LogP contribution in [0.5, 0.6) is 0 Å². The van der Waals surface area contributed by atoms with Crippen molar-refractivity contribution < 1.29 is 29.0 Å². The van der Waals surface area contributed by atoms with E-state index < -0.39 is 12.1 Å². The number of allylic oxidation sites excluding steroid dienone is 2. The van der Waals surface area contributed by atoms with Crippen LogP contribution >= 0.6 is 0 Å². The maximum absolute atomic E-state index is 12.1. The van der Waals surface area contributed by atoms with Gasteiger partial charge in [0, 0.05) is 17.8 Å². The minimum atomic E-state index is -0.923. The van der Waals surface area contributed by atoms with Crippen molar-refractivity contribution >= 4 is 23.7 Å². The maximum atomic E-state index is 12.1. The SMILES string of the molecule is O=C(O)CCOCCNC(=O)c1ccc(NC(=O)OC2CC/C=C\CCC2)cc1. The fourth-order valence-electron chi connectivity index (χ4n) is 2.85. The summed E-state index contributed by atoms with van der Waals surface area (Å²) in [6, 6.07) is 6.49. The molecule has 0 aliphatic heterocycles. The number of carbonyl (C=O) groups excluding carboxylic acids is 2. The number of anilines is 1. The second-order valence-electron chi connectivity index (χ2n) is 6.72. The van der Waals surface area contributed by atoms with Crippen LogP contribution in [0.1, 0.15) is 48.9 Å². The normalized spacial score (nSPS) is 17.4. The first-order valence-electron chi connectivity index (χ1n) is 9.85. The smallest absolute Gasteiger partial charge is 0.411 e. The lowest BCUT2D eigenvalue weighted by Gasteiger charge is -2.18. The zero-order valence-electron chi connectivity index (χ0n) is 16.4. The first-order valence-corrected chi connectivity index (χ1v) is 9.85. The molecular weight excluding hydrogens is 376 g/mol. The van der Waals surface area contributed by atoms with E-state index >= 15 is 0 Å². The molecule has 0 heterocycles. The lowest BCUT2D eigenvalue weighted by Crippen LogP contribution is -2.27. The molecule has 1 aliphatic carbocycles. The Hall–Kier alpha value is -2.87. The topological polar surface area (TPSA) is 114 Å². The van der Waals surface area contributed by atoms with Crippen molar-refractivity contribution in [3.8, 4) is 0 Å². The predicted molar refractivity (Wildman–Crippen MR) is 108 cm³/mol. The van der Waals surface area contributed by atoms with Gasteiger partial charge in [0.15, 0.2) is 0 Å². The molecule has 0 bridgehead atoms. The number of carboxylic acids is 1. The van der Waals surface area contributed by atoms with Crippen LogP contribution < -0.4 is 10.6 Å². The Labute approximate surface area is 170 Å². The van der Waals surface area contributed by atoms with Crippen LogP contribution in [0.3, 0.4) is 0 Å². The fourth-order valence-corrected chi connectivity index (χ4v) is 2.85. The summed E-state index contributed by atoms with van der Waals surface area (Å²) < 4.78 is 10.6. The van der Waals surface area contributed by atoms with Gasteiger partial charge >= 0.3 is 12.1 Å². The highest BCUT2D eigenvalue weighted by Crippen LogP contribution is 2.17. The Balaban J connectivity index is 1.70. The summed E-state index contributed by atoms with van der Waals surface area (Å²) in [5.41, 5.74) is 0.996. The Morgan fingerprint density at radius 2 is 1.79 bits per heavy atom. The van der Waals surface area contributed by atoms with E-state index in [1.807, 2.05) is 0 Å². The van der Waals surface area contributed by atoms with Crippen molar-refractivity contribution in [2.24, 2.45) is 0 Å². The van der Waals surface area contributed by atoms with Crippen LogP contribution in [0.25, 0.3) is 0 Å². The molecule has 2 rings (SSSR count). The highest BCUT2D eigenvalue weighted by molar-refractivity contribution is 5.95. The Kier molecular flexibility index (Phi) is 9.71. The van der Waals surface area contributed by atoms with E-state index in [1.54, 1.807) is 24.3 Å². The van der Waals surface area contributed by atoms with Crippen molar-refractivity contribution in [2.75, 3.05) is 25.1 Å². The van der Waals surface area contributed by atoms with E-state index in [0.29, 0.717) is 11.3 Å². The number of ether oxygens (including phenoxy) is 2. The molecule has 2 amide bonds. The second kappa shape index (κ2) is 12.6. The Morgan fingerprint density at radius 3 is 2.55 bits per heavy atom. The van der Waals surface area contributed by atoms with E-state index in [-0.39, 0.29) is 38.2 Å². The summed E-state index contributed by atoms with van der Waals surface area (Å²) in [6.45, 7) is 0.627. The van der Waals surface area contributed by atoms with Crippen molar-refractivity contribution in [2.45, 2.75) is 44.6 Å². The van der Waals surface area contributed by atoms with Gasteiger partial charge < -0.3 is 19.9 Å². The third-order valence-electron chi connectivity index (χ3n) is 4.38. The summed E-state index contributed by atoms with van der Waals surface area (Å²) in [4.78, 5) is 34.5. The average Bonchev–Trinajstić information content (AvgIpc) is 2.66. The zero-order chi connectivity index (χ0) is 20.9. The quantitative estimate of drug-likeness (QED) is 0.430. The lowest BCUT2D eigenvalue weighted by atomic mass is 10.0. The summed E-state index contributed by atoms with van der Waals surface area (Å²) >= 11 is 0. The first kappa shape index (κ1) is 22.4. The molecule has 0 fully saturated rings. The largest absolute Gasteiger partial charge is 0.481 e. The standard InChI is InChI=1S/C21H28N2O6/c24-19(25)12-14-28-15-13-22-20(26)16-8-10-17(11-9-16)23-21(27)29-18-6-4-2-1-3-5-7-18/h1-2,8-11,18H,3-7,12-15H2,(H,22,26)(H,23,27)(H,24,25)/b2-1-. The number of aliphatic carboxylic acids is 1. The average molecular weight is 404 g/mol. The molecule has 0 spiro atoms. The van der Waals surface area contributed by atoms with E-state index in [4.69, 9.17) is 14.6 Å². The number of amides is 2. The Morgan fingerprint density at radius 1 is 1.03 bits per heavy atom. The molecule has 3 N–H and O–H groups in total. The van der Waals surface area contributed by atoms with Gasteiger partial charge in [-0.05, 0) is 56.4 Å². The molecule has 1 unspecified atom stereocenters. The van der Waals surface area contributed by atoms with Crippen LogP contribution in [-0.2, 0) is 14.3 Å². The number of rotatable bonds is 9. The zero-order valence-corrected chi connectivity index (χ0v) is 16.4. The molecule has 0 aromatic heterocycles. The van der Waals surface area contributed by atoms with Gasteiger partial charge in [-0.1, -0.05) is 12.2 Å². The van der Waals surface area contributed by atoms with Crippen LogP contribution in [0.2, 0.25) is 0 Å². The highest BCUT2D eigenvalue weighted by Gasteiger charge is 2.15. The van der Waals surface area contributed by atoms with Gasteiger partial charge in [-0.3, -0.25) is 14.9 Å². The molecular formula is C21H28N2O6. The molecule has 0 saturated carbocycles. The summed E-state index contributed by atoms with van der Waals surface area (Å²) in [6.07, 6.45) is 8.26. The van der Waals surface area contributed by atoms with E-state index in [2.05, 4.69) is 22.8 Å². The molecule has 1 atom stereocenters. The van der Waals surface area contributed by atoms with E-state index in [9.17, 15) is 14.4 Å². The van der Waals surface area contributed by atoms with Crippen molar-refractivity contribution in [3.63, 3.8) is 0 Å². The number of hydrogen-bond donors (Lipinski definition) is 3. The lowest BCUT2D eigenvalue weighted by molar-refractivity contribution is -0.138. The highest BCUT2D eigenvalue weighted by atomic mass is 16.6. The number of benzene rings is 1. The molecule has 1 aromatic rings. The number of carbonyl (C=O) groups is 3. The minimum absolute atomic E-state index is 0.0668. The molecule has 0 radical (unpaired) electrons. The molecule has 158 valence electrons. The number of nitrogens with one attached hydrogen (secondary N) is 2. The third-order valence-corrected chi connectivity index (χ3v) is 4.38.